The molecule has 0 saturated carbocycles. The van der Waals surface area contributed by atoms with Gasteiger partial charge in [-0.15, -0.1) is 0 Å². The summed E-state index contributed by atoms with van der Waals surface area (Å²) < 4.78 is 36.1. The lowest BCUT2D eigenvalue weighted by atomic mass is 9.91. The number of rotatable bonds is 21. The van der Waals surface area contributed by atoms with Gasteiger partial charge in [0, 0.05) is 23.6 Å². The SMILES string of the molecule is CCCCC[C@@H](CCCCCCCCCCCc1cc(O)cc(O)c1Cc1c(O)c(C)cc(C(C)=O)c1O)OS(=O)(=O)O. The van der Waals surface area contributed by atoms with Gasteiger partial charge in [-0.2, -0.15) is 8.42 Å². The van der Waals surface area contributed by atoms with Gasteiger partial charge in [-0.1, -0.05) is 77.6 Å². The highest BCUT2D eigenvalue weighted by Gasteiger charge is 2.21. The first-order valence-corrected chi connectivity index (χ1v) is 16.9. The number of phenolic OH excluding ortho intramolecular Hbond substituents is 4. The Labute approximate surface area is 256 Å². The minimum absolute atomic E-state index is 0.0164. The smallest absolute Gasteiger partial charge is 0.397 e. The molecule has 242 valence electrons. The summed E-state index contributed by atoms with van der Waals surface area (Å²) in [5.74, 6) is -0.938. The quantitative estimate of drug-likeness (QED) is 0.0531. The number of carbonyl (C=O) groups is 1. The number of hydrogen-bond acceptors (Lipinski definition) is 8. The number of aromatic hydroxyl groups is 4. The predicted molar refractivity (Wildman–Crippen MR) is 168 cm³/mol. The second kappa shape index (κ2) is 18.1. The number of ketones is 1. The van der Waals surface area contributed by atoms with Gasteiger partial charge in [0.15, 0.2) is 5.78 Å². The van der Waals surface area contributed by atoms with Crippen LogP contribution in [-0.4, -0.2) is 45.3 Å². The number of unbranched alkanes of at least 4 members (excludes halogenated alkanes) is 10. The molecule has 0 radical (unpaired) electrons. The van der Waals surface area contributed by atoms with E-state index < -0.39 is 16.5 Å². The van der Waals surface area contributed by atoms with E-state index in [1.54, 1.807) is 13.0 Å². The van der Waals surface area contributed by atoms with Crippen LogP contribution in [0.2, 0.25) is 0 Å². The van der Waals surface area contributed by atoms with Crippen LogP contribution in [-0.2, 0) is 27.4 Å². The van der Waals surface area contributed by atoms with E-state index in [9.17, 15) is 33.6 Å². The molecule has 1 atom stereocenters. The van der Waals surface area contributed by atoms with Crippen LogP contribution in [0.4, 0.5) is 0 Å². The van der Waals surface area contributed by atoms with Gasteiger partial charge in [0.1, 0.15) is 23.0 Å². The van der Waals surface area contributed by atoms with E-state index in [4.69, 9.17) is 8.74 Å². The first-order chi connectivity index (χ1) is 20.3. The summed E-state index contributed by atoms with van der Waals surface area (Å²) in [5, 5.41) is 42.0. The third-order valence-corrected chi connectivity index (χ3v) is 8.47. The summed E-state index contributed by atoms with van der Waals surface area (Å²) in [6, 6.07) is 4.28. The molecular weight excluding hydrogens is 572 g/mol. The molecule has 0 amide bonds. The van der Waals surface area contributed by atoms with Crippen molar-refractivity contribution in [3.05, 3.63) is 46.0 Å². The Kier molecular flexibility index (Phi) is 15.3. The molecule has 0 fully saturated rings. The fraction of sp³-hybridized carbons (Fsp3) is 0.606. The lowest BCUT2D eigenvalue weighted by Crippen LogP contribution is -2.18. The van der Waals surface area contributed by atoms with E-state index >= 15 is 0 Å². The fourth-order valence-electron chi connectivity index (χ4n) is 5.56. The zero-order chi connectivity index (χ0) is 32.0. The summed E-state index contributed by atoms with van der Waals surface area (Å²) in [6.45, 7) is 5.07. The van der Waals surface area contributed by atoms with Crippen LogP contribution in [0.15, 0.2) is 18.2 Å². The van der Waals surface area contributed by atoms with Crippen LogP contribution in [0.5, 0.6) is 23.0 Å². The molecule has 9 nitrogen and oxygen atoms in total. The maximum atomic E-state index is 12.0. The predicted octanol–water partition coefficient (Wildman–Crippen LogP) is 7.82. The van der Waals surface area contributed by atoms with E-state index in [1.807, 2.05) is 0 Å². The molecule has 0 spiro atoms. The number of benzene rings is 2. The molecule has 0 bridgehead atoms. The van der Waals surface area contributed by atoms with Gasteiger partial charge in [-0.25, -0.2) is 4.18 Å². The molecule has 0 aliphatic carbocycles. The van der Waals surface area contributed by atoms with Crippen molar-refractivity contribution in [2.24, 2.45) is 0 Å². The van der Waals surface area contributed by atoms with Crippen molar-refractivity contribution in [3.63, 3.8) is 0 Å². The van der Waals surface area contributed by atoms with Crippen LogP contribution < -0.4 is 0 Å². The van der Waals surface area contributed by atoms with Crippen LogP contribution in [0.25, 0.3) is 0 Å². The first-order valence-electron chi connectivity index (χ1n) is 15.6. The highest BCUT2D eigenvalue weighted by Crippen LogP contribution is 2.39. The summed E-state index contributed by atoms with van der Waals surface area (Å²) >= 11 is 0. The molecule has 10 heteroatoms. The fourth-order valence-corrected chi connectivity index (χ4v) is 6.10. The van der Waals surface area contributed by atoms with Gasteiger partial charge in [0.05, 0.1) is 11.7 Å². The lowest BCUT2D eigenvalue weighted by Gasteiger charge is -2.17. The Morgan fingerprint density at radius 1 is 0.791 bits per heavy atom. The van der Waals surface area contributed by atoms with Crippen LogP contribution >= 0.6 is 0 Å². The Morgan fingerprint density at radius 3 is 1.91 bits per heavy atom. The minimum Gasteiger partial charge on any atom is -0.508 e. The molecule has 0 aliphatic heterocycles. The van der Waals surface area contributed by atoms with Gasteiger partial charge < -0.3 is 20.4 Å². The van der Waals surface area contributed by atoms with Crippen molar-refractivity contribution in [1.82, 2.24) is 0 Å². The van der Waals surface area contributed by atoms with Gasteiger partial charge in [-0.3, -0.25) is 9.35 Å². The zero-order valence-corrected chi connectivity index (χ0v) is 26.7. The van der Waals surface area contributed by atoms with Crippen molar-refractivity contribution < 1.29 is 42.4 Å². The molecule has 2 aromatic rings. The summed E-state index contributed by atoms with van der Waals surface area (Å²) in [6.07, 6.45) is 13.4. The van der Waals surface area contributed by atoms with E-state index in [0.717, 1.165) is 82.6 Å². The first kappa shape index (κ1) is 36.4. The average Bonchev–Trinajstić information content (AvgIpc) is 2.91. The molecule has 0 saturated heterocycles. The Balaban J connectivity index is 1.78. The third-order valence-electron chi connectivity index (χ3n) is 7.96. The van der Waals surface area contributed by atoms with Crippen molar-refractivity contribution in [2.45, 2.75) is 130 Å². The molecule has 2 aromatic carbocycles. The van der Waals surface area contributed by atoms with Gasteiger partial charge >= 0.3 is 10.4 Å². The van der Waals surface area contributed by atoms with E-state index in [0.29, 0.717) is 30.4 Å². The standard InChI is InChI=1S/C33H50O9S/c1-4-5-13-17-27(42-43(39,40)41)18-15-12-10-8-6-7-9-11-14-16-25-20-26(35)21-31(36)29(25)22-30-32(37)23(2)19-28(24(3)34)33(30)38/h19-21,27,35-38H,4-18,22H2,1-3H3,(H,39,40,41)/t27-/m0/s1. The summed E-state index contributed by atoms with van der Waals surface area (Å²) in [4.78, 5) is 12.0. The topological polar surface area (TPSA) is 162 Å². The van der Waals surface area contributed by atoms with Crippen LogP contribution in [0.1, 0.15) is 136 Å². The van der Waals surface area contributed by atoms with E-state index in [1.165, 1.54) is 19.1 Å². The average molecular weight is 623 g/mol. The van der Waals surface area contributed by atoms with Crippen molar-refractivity contribution >= 4 is 16.2 Å². The minimum atomic E-state index is -4.43. The molecule has 0 unspecified atom stereocenters. The maximum absolute atomic E-state index is 12.0. The zero-order valence-electron chi connectivity index (χ0n) is 25.9. The monoisotopic (exact) mass is 622 g/mol. The number of carbonyl (C=O) groups excluding carboxylic acids is 1. The largest absolute Gasteiger partial charge is 0.508 e. The lowest BCUT2D eigenvalue weighted by molar-refractivity contribution is 0.101. The van der Waals surface area contributed by atoms with Crippen LogP contribution in [0.3, 0.4) is 0 Å². The Morgan fingerprint density at radius 2 is 1.35 bits per heavy atom. The summed E-state index contributed by atoms with van der Waals surface area (Å²) in [5.41, 5.74) is 1.97. The maximum Gasteiger partial charge on any atom is 0.397 e. The summed E-state index contributed by atoms with van der Waals surface area (Å²) in [7, 11) is -4.43. The van der Waals surface area contributed by atoms with Crippen LogP contribution in [0, 0.1) is 6.92 Å². The van der Waals surface area contributed by atoms with Crippen molar-refractivity contribution in [3.8, 4) is 23.0 Å². The molecule has 43 heavy (non-hydrogen) atoms. The van der Waals surface area contributed by atoms with Gasteiger partial charge in [-0.05, 0) is 62.8 Å². The highest BCUT2D eigenvalue weighted by molar-refractivity contribution is 7.80. The third kappa shape index (κ3) is 12.7. The highest BCUT2D eigenvalue weighted by atomic mass is 32.3. The molecule has 5 N–H and O–H groups in total. The number of hydrogen-bond donors (Lipinski definition) is 5. The van der Waals surface area contributed by atoms with Crippen molar-refractivity contribution in [1.29, 1.82) is 0 Å². The normalized spacial score (nSPS) is 12.5. The number of phenols is 4. The van der Waals surface area contributed by atoms with Crippen molar-refractivity contribution in [2.75, 3.05) is 0 Å². The molecular formula is C33H50O9S. The molecule has 2 rings (SSSR count). The Bertz CT molecular complexity index is 1290. The van der Waals surface area contributed by atoms with Gasteiger partial charge in [0.2, 0.25) is 0 Å². The second-order valence-electron chi connectivity index (χ2n) is 11.6. The Hall–Kier alpha value is -2.82. The molecule has 0 heterocycles. The number of Topliss-reactive ketones (excluding diaryl/α,β-unsaturated/α-hetero) is 1. The molecule has 0 aromatic heterocycles. The molecule has 0 aliphatic rings. The van der Waals surface area contributed by atoms with E-state index in [2.05, 4.69) is 6.92 Å². The van der Waals surface area contributed by atoms with E-state index in [-0.39, 0.29) is 46.3 Å². The second-order valence-corrected chi connectivity index (χ2v) is 12.7. The number of aryl methyl sites for hydroxylation is 2. The van der Waals surface area contributed by atoms with Gasteiger partial charge in [0.25, 0.3) is 0 Å².